The first-order valence-electron chi connectivity index (χ1n) is 7.40. The van der Waals surface area contributed by atoms with Gasteiger partial charge in [0.2, 0.25) is 10.0 Å². The van der Waals surface area contributed by atoms with E-state index in [2.05, 4.69) is 9.40 Å². The van der Waals surface area contributed by atoms with Crippen LogP contribution >= 0.6 is 0 Å². The average molecular weight is 356 g/mol. The van der Waals surface area contributed by atoms with Crippen molar-refractivity contribution in [2.24, 2.45) is 0 Å². The Morgan fingerprint density at radius 3 is 2.48 bits per heavy atom. The lowest BCUT2D eigenvalue weighted by atomic mass is 10.2. The minimum Gasteiger partial charge on any atom is -0.372 e. The molecule has 2 aromatic heterocycles. The molecule has 126 valence electrons. The van der Waals surface area contributed by atoms with Gasteiger partial charge in [0.1, 0.15) is 0 Å². The van der Waals surface area contributed by atoms with Crippen molar-refractivity contribution in [3.63, 3.8) is 0 Å². The van der Waals surface area contributed by atoms with Gasteiger partial charge in [-0.15, -0.1) is 0 Å². The molecule has 0 aliphatic rings. The van der Waals surface area contributed by atoms with E-state index in [0.717, 1.165) is 3.97 Å². The fourth-order valence-corrected chi connectivity index (χ4v) is 4.32. The summed E-state index contributed by atoms with van der Waals surface area (Å²) in [4.78, 5) is 25.7. The van der Waals surface area contributed by atoms with Crippen LogP contribution in [-0.4, -0.2) is 17.4 Å². The molecule has 0 amide bonds. The van der Waals surface area contributed by atoms with Crippen LogP contribution in [0.25, 0.3) is 21.8 Å². The summed E-state index contributed by atoms with van der Waals surface area (Å²) in [5.74, 6) is -1.05. The Kier molecular flexibility index (Phi) is 3.36. The van der Waals surface area contributed by atoms with Crippen molar-refractivity contribution >= 4 is 31.8 Å². The van der Waals surface area contributed by atoms with Gasteiger partial charge < -0.3 is 4.42 Å². The first-order valence-corrected chi connectivity index (χ1v) is 9.01. The highest BCUT2D eigenvalue weighted by Crippen LogP contribution is 2.24. The number of aromatic nitrogens is 2. The number of nitrogens with one attached hydrogen (secondary N) is 1. The topological polar surface area (TPSA) is 102 Å². The van der Waals surface area contributed by atoms with Gasteiger partial charge in [0.25, 0.3) is 0 Å². The predicted molar refractivity (Wildman–Crippen MR) is 93.1 cm³/mol. The Morgan fingerprint density at radius 1 is 0.960 bits per heavy atom. The lowest BCUT2D eigenvalue weighted by molar-refractivity contribution is 0.460. The Bertz CT molecular complexity index is 1310. The molecule has 0 bridgehead atoms. The van der Waals surface area contributed by atoms with E-state index >= 15 is 0 Å². The van der Waals surface area contributed by atoms with Gasteiger partial charge in [-0.05, 0) is 23.8 Å². The first kappa shape index (κ1) is 15.4. The summed E-state index contributed by atoms with van der Waals surface area (Å²) in [5.41, 5.74) is 0.539. The maximum Gasteiger partial charge on any atom is 0.419 e. The third kappa shape index (κ3) is 2.56. The third-order valence-corrected chi connectivity index (χ3v) is 5.58. The maximum atomic E-state index is 12.8. The van der Waals surface area contributed by atoms with Gasteiger partial charge in [0, 0.05) is 11.6 Å². The van der Waals surface area contributed by atoms with Crippen LogP contribution in [0.15, 0.2) is 68.7 Å². The highest BCUT2D eigenvalue weighted by molar-refractivity contribution is 7.89. The van der Waals surface area contributed by atoms with Crippen LogP contribution in [0.5, 0.6) is 0 Å². The molecule has 0 saturated heterocycles. The predicted octanol–water partition coefficient (Wildman–Crippen LogP) is 1.81. The third-order valence-electron chi connectivity index (χ3n) is 3.96. The number of H-pyrrole nitrogens is 1. The number of nitrogens with zero attached hydrogens (tertiary/aromatic N) is 1. The summed E-state index contributed by atoms with van der Waals surface area (Å²) >= 11 is 0. The van der Waals surface area contributed by atoms with Gasteiger partial charge >= 0.3 is 11.4 Å². The lowest BCUT2D eigenvalue weighted by Gasteiger charge is -2.08. The van der Waals surface area contributed by atoms with Crippen LogP contribution in [0.3, 0.4) is 0 Å². The molecular weight excluding hydrogens is 344 g/mol. The van der Waals surface area contributed by atoms with Crippen LogP contribution < -0.4 is 11.4 Å². The van der Waals surface area contributed by atoms with Gasteiger partial charge in [0.15, 0.2) is 0 Å². The van der Waals surface area contributed by atoms with Crippen molar-refractivity contribution < 1.29 is 12.8 Å². The molecule has 0 radical (unpaired) electrons. The van der Waals surface area contributed by atoms with E-state index < -0.39 is 21.4 Å². The molecule has 0 aliphatic heterocycles. The van der Waals surface area contributed by atoms with Crippen molar-refractivity contribution in [2.75, 3.05) is 0 Å². The van der Waals surface area contributed by atoms with E-state index in [0.29, 0.717) is 16.5 Å². The number of benzene rings is 2. The molecule has 1 N–H and O–H groups in total. The van der Waals surface area contributed by atoms with Gasteiger partial charge in [-0.2, -0.15) is 0 Å². The van der Waals surface area contributed by atoms with Crippen LogP contribution in [-0.2, 0) is 15.8 Å². The Morgan fingerprint density at radius 2 is 1.72 bits per heavy atom. The van der Waals surface area contributed by atoms with Crippen molar-refractivity contribution in [1.29, 1.82) is 0 Å². The van der Waals surface area contributed by atoms with E-state index in [4.69, 9.17) is 0 Å². The van der Waals surface area contributed by atoms with Crippen molar-refractivity contribution in [1.82, 2.24) is 8.96 Å². The molecular formula is C17H12N2O5S. The molecule has 0 aliphatic carbocycles. The van der Waals surface area contributed by atoms with Crippen molar-refractivity contribution in [3.8, 4) is 0 Å². The molecule has 25 heavy (non-hydrogen) atoms. The standard InChI is InChI=1S/C17H12N2O5S/c20-16-13-6-7-14-12(15(13)18-17(21)24-16)8-9-19(14)25(22,23)10-11-4-2-1-3-5-11/h1-9H,10H2,(H,18,21). The van der Waals surface area contributed by atoms with E-state index in [1.165, 1.54) is 18.3 Å². The second-order valence-electron chi connectivity index (χ2n) is 5.58. The van der Waals surface area contributed by atoms with E-state index in [9.17, 15) is 18.0 Å². The minimum absolute atomic E-state index is 0.164. The summed E-state index contributed by atoms with van der Waals surface area (Å²) in [6.07, 6.45) is 1.41. The minimum atomic E-state index is -3.66. The van der Waals surface area contributed by atoms with Crippen LogP contribution in [0.2, 0.25) is 0 Å². The summed E-state index contributed by atoms with van der Waals surface area (Å²) in [7, 11) is -3.66. The Labute approximate surface area is 141 Å². The van der Waals surface area contributed by atoms with E-state index in [1.807, 2.05) is 6.07 Å². The van der Waals surface area contributed by atoms with Crippen molar-refractivity contribution in [2.45, 2.75) is 5.75 Å². The molecule has 4 rings (SSSR count). The normalized spacial score (nSPS) is 12.0. The van der Waals surface area contributed by atoms with E-state index in [1.54, 1.807) is 30.3 Å². The van der Waals surface area contributed by atoms with Crippen LogP contribution in [0, 0.1) is 0 Å². The molecule has 4 aromatic rings. The fourth-order valence-electron chi connectivity index (χ4n) is 2.86. The summed E-state index contributed by atoms with van der Waals surface area (Å²) < 4.78 is 31.2. The maximum absolute atomic E-state index is 12.8. The van der Waals surface area contributed by atoms with Gasteiger partial charge in [-0.25, -0.2) is 22.0 Å². The quantitative estimate of drug-likeness (QED) is 0.603. The lowest BCUT2D eigenvalue weighted by Crippen LogP contribution is -2.15. The average Bonchev–Trinajstić information content (AvgIpc) is 3.00. The first-order chi connectivity index (χ1) is 12.0. The molecule has 2 heterocycles. The molecule has 0 unspecified atom stereocenters. The second-order valence-corrected chi connectivity index (χ2v) is 7.42. The highest BCUT2D eigenvalue weighted by Gasteiger charge is 2.18. The monoisotopic (exact) mass is 356 g/mol. The Balaban J connectivity index is 1.93. The van der Waals surface area contributed by atoms with E-state index in [-0.39, 0.29) is 16.7 Å². The number of hydrogen-bond donors (Lipinski definition) is 1. The SMILES string of the molecule is O=c1[nH]c2c(ccc3c2ccn3S(=O)(=O)Cc2ccccc2)c(=O)o1. The smallest absolute Gasteiger partial charge is 0.372 e. The molecule has 7 nitrogen and oxygen atoms in total. The molecule has 0 atom stereocenters. The number of fused-ring (bicyclic) bond motifs is 3. The van der Waals surface area contributed by atoms with Crippen LogP contribution in [0.4, 0.5) is 0 Å². The number of rotatable bonds is 3. The number of hydrogen-bond acceptors (Lipinski definition) is 5. The highest BCUT2D eigenvalue weighted by atomic mass is 32.2. The second kappa shape index (κ2) is 5.45. The van der Waals surface area contributed by atoms with Gasteiger partial charge in [-0.1, -0.05) is 30.3 Å². The zero-order valence-electron chi connectivity index (χ0n) is 12.8. The Hall–Kier alpha value is -3.13. The summed E-state index contributed by atoms with van der Waals surface area (Å²) in [6, 6.07) is 13.4. The zero-order chi connectivity index (χ0) is 17.6. The largest absolute Gasteiger partial charge is 0.419 e. The van der Waals surface area contributed by atoms with Gasteiger partial charge in [-0.3, -0.25) is 4.98 Å². The molecule has 2 aromatic carbocycles. The summed E-state index contributed by atoms with van der Waals surface area (Å²) in [5, 5.41) is 0.643. The summed E-state index contributed by atoms with van der Waals surface area (Å²) in [6.45, 7) is 0. The zero-order valence-corrected chi connectivity index (χ0v) is 13.6. The van der Waals surface area contributed by atoms with Crippen LogP contribution in [0.1, 0.15) is 5.56 Å². The molecule has 0 fully saturated rings. The molecule has 0 spiro atoms. The van der Waals surface area contributed by atoms with Gasteiger partial charge in [0.05, 0.1) is 22.2 Å². The number of aromatic amines is 1. The van der Waals surface area contributed by atoms with Crippen molar-refractivity contribution in [3.05, 3.63) is 81.3 Å². The molecule has 0 saturated carbocycles. The molecule has 8 heteroatoms. The fraction of sp³-hybridized carbons (Fsp3) is 0.0588.